The summed E-state index contributed by atoms with van der Waals surface area (Å²) in [6, 6.07) is 16.8. The minimum atomic E-state index is -0.566. The van der Waals surface area contributed by atoms with Crippen molar-refractivity contribution in [3.05, 3.63) is 70.2 Å². The van der Waals surface area contributed by atoms with E-state index in [1.807, 2.05) is 75.4 Å². The molecule has 0 saturated carbocycles. The first-order valence-electron chi connectivity index (χ1n) is 9.05. The minimum absolute atomic E-state index is 0.0688. The van der Waals surface area contributed by atoms with E-state index in [1.54, 1.807) is 11.8 Å². The van der Waals surface area contributed by atoms with Crippen molar-refractivity contribution in [1.82, 2.24) is 10.2 Å². The maximum Gasteiger partial charge on any atom is 0.242 e. The lowest BCUT2D eigenvalue weighted by atomic mass is 10.1. The topological polar surface area (TPSA) is 49.4 Å². The lowest BCUT2D eigenvalue weighted by molar-refractivity contribution is -0.140. The fraction of sp³-hybridized carbons (Fsp3) is 0.364. The van der Waals surface area contributed by atoms with Gasteiger partial charge in [0, 0.05) is 16.6 Å². The van der Waals surface area contributed by atoms with Crippen molar-refractivity contribution < 1.29 is 9.59 Å². The molecule has 1 N–H and O–H groups in total. The van der Waals surface area contributed by atoms with Crippen LogP contribution >= 0.6 is 15.9 Å². The maximum atomic E-state index is 13.0. The first-order valence-corrected chi connectivity index (χ1v) is 9.85. The zero-order chi connectivity index (χ0) is 20.0. The van der Waals surface area contributed by atoms with Crippen molar-refractivity contribution >= 4 is 27.7 Å². The minimum Gasteiger partial charge on any atom is -0.350 e. The number of benzene rings is 2. The molecule has 144 valence electrons. The molecule has 0 aliphatic heterocycles. The number of carbonyl (C=O) groups is 2. The second-order valence-corrected chi connectivity index (χ2v) is 8.64. The van der Waals surface area contributed by atoms with Crippen LogP contribution in [0.4, 0.5) is 0 Å². The molecule has 5 heteroatoms. The Hall–Kier alpha value is -2.14. The van der Waals surface area contributed by atoms with Crippen LogP contribution in [0.3, 0.4) is 0 Å². The predicted molar refractivity (Wildman–Crippen MR) is 112 cm³/mol. The van der Waals surface area contributed by atoms with Gasteiger partial charge in [0.05, 0.1) is 6.42 Å². The third-order valence-corrected chi connectivity index (χ3v) is 4.66. The molecule has 2 rings (SSSR count). The predicted octanol–water partition coefficient (Wildman–Crippen LogP) is 4.32. The van der Waals surface area contributed by atoms with E-state index in [1.165, 1.54) is 0 Å². The average Bonchev–Trinajstić information content (AvgIpc) is 2.60. The summed E-state index contributed by atoms with van der Waals surface area (Å²) in [6.45, 7) is 7.97. The van der Waals surface area contributed by atoms with Crippen molar-refractivity contribution in [1.29, 1.82) is 0 Å². The van der Waals surface area contributed by atoms with Crippen LogP contribution < -0.4 is 5.32 Å². The van der Waals surface area contributed by atoms with Crippen LogP contribution in [0.1, 0.15) is 38.8 Å². The fourth-order valence-corrected chi connectivity index (χ4v) is 2.98. The highest BCUT2D eigenvalue weighted by Gasteiger charge is 2.28. The average molecular weight is 431 g/mol. The van der Waals surface area contributed by atoms with Crippen LogP contribution in [0.2, 0.25) is 0 Å². The lowest BCUT2D eigenvalue weighted by Crippen LogP contribution is -2.52. The third kappa shape index (κ3) is 6.83. The monoisotopic (exact) mass is 430 g/mol. The first-order chi connectivity index (χ1) is 12.7. The number of nitrogens with one attached hydrogen (secondary N) is 1. The van der Waals surface area contributed by atoms with Gasteiger partial charge in [0.1, 0.15) is 6.04 Å². The molecule has 0 aromatic heterocycles. The number of halogens is 1. The van der Waals surface area contributed by atoms with Gasteiger partial charge in [-0.1, -0.05) is 58.4 Å². The Labute approximate surface area is 170 Å². The van der Waals surface area contributed by atoms with Crippen molar-refractivity contribution in [2.45, 2.75) is 52.2 Å². The highest BCUT2D eigenvalue weighted by atomic mass is 79.9. The van der Waals surface area contributed by atoms with Crippen LogP contribution in [0.25, 0.3) is 0 Å². The van der Waals surface area contributed by atoms with E-state index >= 15 is 0 Å². The molecular formula is C22H27BrN2O2. The van der Waals surface area contributed by atoms with Crippen LogP contribution in [0, 0.1) is 0 Å². The van der Waals surface area contributed by atoms with Gasteiger partial charge in [-0.05, 0) is 51.0 Å². The second-order valence-electron chi connectivity index (χ2n) is 7.73. The second kappa shape index (κ2) is 9.18. The molecule has 0 unspecified atom stereocenters. The summed E-state index contributed by atoms with van der Waals surface area (Å²) in [4.78, 5) is 27.4. The molecule has 1 atom stereocenters. The van der Waals surface area contributed by atoms with E-state index in [0.29, 0.717) is 6.54 Å². The van der Waals surface area contributed by atoms with E-state index < -0.39 is 6.04 Å². The molecule has 2 aromatic carbocycles. The Balaban J connectivity index is 2.22. The highest BCUT2D eigenvalue weighted by Crippen LogP contribution is 2.16. The normalized spacial score (nSPS) is 12.3. The van der Waals surface area contributed by atoms with Crippen molar-refractivity contribution in [3.8, 4) is 0 Å². The summed E-state index contributed by atoms with van der Waals surface area (Å²) < 4.78 is 0.979. The molecule has 4 nitrogen and oxygen atoms in total. The highest BCUT2D eigenvalue weighted by molar-refractivity contribution is 9.10. The van der Waals surface area contributed by atoms with Gasteiger partial charge in [0.15, 0.2) is 0 Å². The molecule has 0 heterocycles. The molecule has 27 heavy (non-hydrogen) atoms. The van der Waals surface area contributed by atoms with Crippen LogP contribution in [0.5, 0.6) is 0 Å². The molecule has 2 aromatic rings. The van der Waals surface area contributed by atoms with Gasteiger partial charge < -0.3 is 10.2 Å². The maximum absolute atomic E-state index is 13.0. The SMILES string of the molecule is C[C@@H](C(=O)NC(C)(C)C)N(Cc1ccc(Br)cc1)C(=O)Cc1ccccc1. The Morgan fingerprint density at radius 3 is 2.15 bits per heavy atom. The van der Waals surface area contributed by atoms with E-state index in [4.69, 9.17) is 0 Å². The van der Waals surface area contributed by atoms with Gasteiger partial charge in [0.25, 0.3) is 0 Å². The third-order valence-electron chi connectivity index (χ3n) is 4.13. The number of hydrogen-bond acceptors (Lipinski definition) is 2. The number of nitrogens with zero attached hydrogens (tertiary/aromatic N) is 1. The number of hydrogen-bond donors (Lipinski definition) is 1. The Bertz CT molecular complexity index is 767. The first kappa shape index (κ1) is 21.2. The van der Waals surface area contributed by atoms with Gasteiger partial charge in [0.2, 0.25) is 11.8 Å². The Morgan fingerprint density at radius 2 is 1.59 bits per heavy atom. The van der Waals surface area contributed by atoms with Crippen LogP contribution in [0.15, 0.2) is 59.1 Å². The van der Waals surface area contributed by atoms with Gasteiger partial charge >= 0.3 is 0 Å². The van der Waals surface area contributed by atoms with Gasteiger partial charge in [-0.15, -0.1) is 0 Å². The van der Waals surface area contributed by atoms with Gasteiger partial charge in [-0.3, -0.25) is 9.59 Å². The fourth-order valence-electron chi connectivity index (χ4n) is 2.72. The lowest BCUT2D eigenvalue weighted by Gasteiger charge is -2.31. The molecular weight excluding hydrogens is 404 g/mol. The summed E-state index contributed by atoms with van der Waals surface area (Å²) in [5, 5.41) is 2.97. The van der Waals surface area contributed by atoms with E-state index in [0.717, 1.165) is 15.6 Å². The van der Waals surface area contributed by atoms with Crippen LogP contribution in [-0.4, -0.2) is 28.3 Å². The quantitative estimate of drug-likeness (QED) is 0.741. The number of amides is 2. The standard InChI is InChI=1S/C22H27BrN2O2/c1-16(21(27)24-22(2,3)4)25(15-18-10-12-19(23)13-11-18)20(26)14-17-8-6-5-7-9-17/h5-13,16H,14-15H2,1-4H3,(H,24,27)/t16-/m0/s1. The van der Waals surface area contributed by atoms with E-state index in [-0.39, 0.29) is 23.8 Å². The van der Waals surface area contributed by atoms with E-state index in [2.05, 4.69) is 21.2 Å². The van der Waals surface area contributed by atoms with E-state index in [9.17, 15) is 9.59 Å². The van der Waals surface area contributed by atoms with Gasteiger partial charge in [-0.25, -0.2) is 0 Å². The van der Waals surface area contributed by atoms with Crippen LogP contribution in [-0.2, 0) is 22.6 Å². The molecule has 0 aliphatic rings. The number of rotatable bonds is 6. The molecule has 0 bridgehead atoms. The van der Waals surface area contributed by atoms with Crippen molar-refractivity contribution in [2.75, 3.05) is 0 Å². The van der Waals surface area contributed by atoms with Crippen molar-refractivity contribution in [3.63, 3.8) is 0 Å². The number of carbonyl (C=O) groups excluding carboxylic acids is 2. The molecule has 0 aliphatic carbocycles. The molecule has 0 radical (unpaired) electrons. The Kier molecular flexibility index (Phi) is 7.19. The molecule has 2 amide bonds. The molecule has 0 saturated heterocycles. The summed E-state index contributed by atoms with van der Waals surface area (Å²) in [5.41, 5.74) is 1.57. The smallest absolute Gasteiger partial charge is 0.242 e. The zero-order valence-corrected chi connectivity index (χ0v) is 17.9. The summed E-state index contributed by atoms with van der Waals surface area (Å²) in [6.07, 6.45) is 0.268. The summed E-state index contributed by atoms with van der Waals surface area (Å²) in [7, 11) is 0. The molecule has 0 spiro atoms. The largest absolute Gasteiger partial charge is 0.350 e. The van der Waals surface area contributed by atoms with Gasteiger partial charge in [-0.2, -0.15) is 0 Å². The van der Waals surface area contributed by atoms with Crippen molar-refractivity contribution in [2.24, 2.45) is 0 Å². The summed E-state index contributed by atoms with van der Waals surface area (Å²) in [5.74, 6) is -0.221. The zero-order valence-electron chi connectivity index (χ0n) is 16.3. The summed E-state index contributed by atoms with van der Waals surface area (Å²) >= 11 is 3.43. The Morgan fingerprint density at radius 1 is 1.00 bits per heavy atom. The molecule has 0 fully saturated rings.